The molecule has 1 heterocycles. The molecule has 0 radical (unpaired) electrons. The van der Waals surface area contributed by atoms with Crippen molar-refractivity contribution in [2.24, 2.45) is 0 Å². The van der Waals surface area contributed by atoms with Gasteiger partial charge in [-0.15, -0.1) is 6.42 Å². The molecule has 1 N–H and O–H groups in total. The molecule has 100 valence electrons. The van der Waals surface area contributed by atoms with Gasteiger partial charge in [0.2, 0.25) is 0 Å². The molecule has 1 aromatic heterocycles. The van der Waals surface area contributed by atoms with Crippen LogP contribution in [0.3, 0.4) is 0 Å². The fourth-order valence-electron chi connectivity index (χ4n) is 1.60. The highest BCUT2D eigenvalue weighted by Gasteiger charge is 2.05. The molecule has 1 unspecified atom stereocenters. The van der Waals surface area contributed by atoms with Crippen molar-refractivity contribution in [2.75, 3.05) is 5.75 Å². The Hall–Kier alpha value is -2.45. The van der Waals surface area contributed by atoms with Gasteiger partial charge < -0.3 is 0 Å². The molecule has 1 aromatic carbocycles. The lowest BCUT2D eigenvalue weighted by atomic mass is 10.2. The van der Waals surface area contributed by atoms with Crippen LogP contribution < -0.4 is 5.56 Å². The van der Waals surface area contributed by atoms with Crippen LogP contribution >= 0.6 is 0 Å². The first-order valence-electron chi connectivity index (χ1n) is 5.85. The maximum Gasteiger partial charge on any atom is 0.264 e. The SMILES string of the molecule is C#CCS(=O)c1ccccc1C=Cc1ccc(=O)[nH]n1. The summed E-state index contributed by atoms with van der Waals surface area (Å²) in [5.41, 5.74) is 1.17. The largest absolute Gasteiger partial charge is 0.268 e. The summed E-state index contributed by atoms with van der Waals surface area (Å²) in [4.78, 5) is 11.6. The van der Waals surface area contributed by atoms with Crippen molar-refractivity contribution in [3.05, 3.63) is 58.0 Å². The van der Waals surface area contributed by atoms with Crippen molar-refractivity contribution < 1.29 is 4.21 Å². The summed E-state index contributed by atoms with van der Waals surface area (Å²) in [6, 6.07) is 10.3. The summed E-state index contributed by atoms with van der Waals surface area (Å²) in [5.74, 6) is 2.58. The van der Waals surface area contributed by atoms with Crippen LogP contribution in [-0.4, -0.2) is 20.2 Å². The number of nitrogens with zero attached hydrogens (tertiary/aromatic N) is 1. The van der Waals surface area contributed by atoms with Gasteiger partial charge in [-0.1, -0.05) is 30.2 Å². The highest BCUT2D eigenvalue weighted by atomic mass is 32.2. The first kappa shape index (κ1) is 14.0. The van der Waals surface area contributed by atoms with E-state index in [1.807, 2.05) is 18.2 Å². The molecule has 0 aliphatic carbocycles. The zero-order valence-corrected chi connectivity index (χ0v) is 11.4. The van der Waals surface area contributed by atoms with E-state index in [4.69, 9.17) is 6.42 Å². The number of aromatic amines is 1. The first-order valence-corrected chi connectivity index (χ1v) is 7.17. The van der Waals surface area contributed by atoms with Crippen molar-refractivity contribution >= 4 is 23.0 Å². The number of H-pyrrole nitrogens is 1. The molecule has 0 aliphatic heterocycles. The quantitative estimate of drug-likeness (QED) is 0.869. The first-order chi connectivity index (χ1) is 9.70. The molecule has 2 rings (SSSR count). The van der Waals surface area contributed by atoms with Crippen LogP contribution in [0.1, 0.15) is 11.3 Å². The lowest BCUT2D eigenvalue weighted by molar-refractivity contribution is 0.685. The monoisotopic (exact) mass is 284 g/mol. The van der Waals surface area contributed by atoms with Gasteiger partial charge in [0.25, 0.3) is 5.56 Å². The number of benzene rings is 1. The van der Waals surface area contributed by atoms with Crippen LogP contribution in [0.15, 0.2) is 46.1 Å². The number of rotatable bonds is 4. The second-order valence-electron chi connectivity index (χ2n) is 3.91. The van der Waals surface area contributed by atoms with E-state index in [-0.39, 0.29) is 11.3 Å². The molecule has 0 saturated heterocycles. The van der Waals surface area contributed by atoms with Gasteiger partial charge in [-0.05, 0) is 23.8 Å². The Bertz CT molecular complexity index is 736. The molecule has 0 aliphatic rings. The van der Waals surface area contributed by atoms with E-state index in [0.29, 0.717) is 10.6 Å². The minimum Gasteiger partial charge on any atom is -0.268 e. The van der Waals surface area contributed by atoms with E-state index in [1.54, 1.807) is 24.3 Å². The smallest absolute Gasteiger partial charge is 0.264 e. The molecular weight excluding hydrogens is 272 g/mol. The maximum atomic E-state index is 12.0. The van der Waals surface area contributed by atoms with Crippen LogP contribution in [0, 0.1) is 12.3 Å². The lowest BCUT2D eigenvalue weighted by Crippen LogP contribution is -2.05. The predicted octanol–water partition coefficient (Wildman–Crippen LogP) is 1.68. The molecule has 0 amide bonds. The van der Waals surface area contributed by atoms with E-state index in [0.717, 1.165) is 5.56 Å². The Kier molecular flexibility index (Phi) is 4.64. The van der Waals surface area contributed by atoms with E-state index < -0.39 is 10.8 Å². The van der Waals surface area contributed by atoms with Gasteiger partial charge in [-0.2, -0.15) is 5.10 Å². The molecule has 0 saturated carbocycles. The third-order valence-electron chi connectivity index (χ3n) is 2.51. The van der Waals surface area contributed by atoms with Gasteiger partial charge in [0, 0.05) is 11.0 Å². The summed E-state index contributed by atoms with van der Waals surface area (Å²) in [5, 5.41) is 6.22. The van der Waals surface area contributed by atoms with Crippen molar-refractivity contribution in [3.63, 3.8) is 0 Å². The average Bonchev–Trinajstić information content (AvgIpc) is 2.47. The van der Waals surface area contributed by atoms with Crippen LogP contribution in [0.25, 0.3) is 12.2 Å². The lowest BCUT2D eigenvalue weighted by Gasteiger charge is -2.03. The van der Waals surface area contributed by atoms with Crippen LogP contribution in [0.2, 0.25) is 0 Å². The molecule has 0 fully saturated rings. The molecule has 4 nitrogen and oxygen atoms in total. The normalized spacial score (nSPS) is 12.2. The molecule has 2 aromatic rings. The minimum atomic E-state index is -1.22. The number of nitrogens with one attached hydrogen (secondary N) is 1. The van der Waals surface area contributed by atoms with Crippen molar-refractivity contribution in [3.8, 4) is 12.3 Å². The van der Waals surface area contributed by atoms with Gasteiger partial charge in [0.1, 0.15) is 0 Å². The fourth-order valence-corrected chi connectivity index (χ4v) is 2.54. The Morgan fingerprint density at radius 1 is 1.25 bits per heavy atom. The molecule has 0 bridgehead atoms. The number of hydrogen-bond acceptors (Lipinski definition) is 3. The molecular formula is C15H12N2O2S. The average molecular weight is 284 g/mol. The van der Waals surface area contributed by atoms with Gasteiger partial charge in [-0.25, -0.2) is 5.10 Å². The highest BCUT2D eigenvalue weighted by molar-refractivity contribution is 7.85. The van der Waals surface area contributed by atoms with E-state index in [2.05, 4.69) is 16.1 Å². The topological polar surface area (TPSA) is 62.8 Å². The van der Waals surface area contributed by atoms with Gasteiger partial charge in [-0.3, -0.25) is 9.00 Å². The summed E-state index contributed by atoms with van der Waals surface area (Å²) >= 11 is 0. The Labute approximate surface area is 119 Å². The summed E-state index contributed by atoms with van der Waals surface area (Å²) < 4.78 is 12.0. The van der Waals surface area contributed by atoms with Crippen LogP contribution in [-0.2, 0) is 10.8 Å². The second kappa shape index (κ2) is 6.64. The molecule has 0 spiro atoms. The van der Waals surface area contributed by atoms with E-state index in [1.165, 1.54) is 6.07 Å². The van der Waals surface area contributed by atoms with Crippen molar-refractivity contribution in [1.82, 2.24) is 10.2 Å². The van der Waals surface area contributed by atoms with Crippen LogP contribution in [0.5, 0.6) is 0 Å². The molecule has 5 heteroatoms. The van der Waals surface area contributed by atoms with Gasteiger partial charge >= 0.3 is 0 Å². The summed E-state index contributed by atoms with van der Waals surface area (Å²) in [6.07, 6.45) is 8.73. The zero-order chi connectivity index (χ0) is 14.4. The standard InChI is InChI=1S/C15H12N2O2S/c1-2-11-20(19)14-6-4-3-5-12(14)7-8-13-9-10-15(18)17-16-13/h1,3-10H,11H2,(H,17,18). The number of terminal acetylenes is 1. The summed E-state index contributed by atoms with van der Waals surface area (Å²) in [7, 11) is -1.22. The minimum absolute atomic E-state index is 0.182. The molecule has 20 heavy (non-hydrogen) atoms. The zero-order valence-electron chi connectivity index (χ0n) is 10.6. The highest BCUT2D eigenvalue weighted by Crippen LogP contribution is 2.16. The summed E-state index contributed by atoms with van der Waals surface area (Å²) in [6.45, 7) is 0. The third-order valence-corrected chi connectivity index (χ3v) is 3.80. The number of hydrogen-bond donors (Lipinski definition) is 1. The van der Waals surface area contributed by atoms with Crippen molar-refractivity contribution in [1.29, 1.82) is 0 Å². The Morgan fingerprint density at radius 3 is 2.75 bits per heavy atom. The fraction of sp³-hybridized carbons (Fsp3) is 0.0667. The Morgan fingerprint density at radius 2 is 2.05 bits per heavy atom. The number of aromatic nitrogens is 2. The van der Waals surface area contributed by atoms with Gasteiger partial charge in [0.05, 0.1) is 22.2 Å². The second-order valence-corrected chi connectivity index (χ2v) is 5.33. The predicted molar refractivity (Wildman–Crippen MR) is 80.3 cm³/mol. The maximum absolute atomic E-state index is 12.0. The van der Waals surface area contributed by atoms with E-state index >= 15 is 0 Å². The van der Waals surface area contributed by atoms with Crippen molar-refractivity contribution in [2.45, 2.75) is 4.90 Å². The third kappa shape index (κ3) is 3.53. The Balaban J connectivity index is 2.29. The van der Waals surface area contributed by atoms with Crippen LogP contribution in [0.4, 0.5) is 0 Å². The van der Waals surface area contributed by atoms with Gasteiger partial charge in [0.15, 0.2) is 0 Å². The van der Waals surface area contributed by atoms with E-state index in [9.17, 15) is 9.00 Å². The molecule has 1 atom stereocenters.